The van der Waals surface area contributed by atoms with E-state index in [2.05, 4.69) is 35.6 Å². The van der Waals surface area contributed by atoms with Crippen LogP contribution < -0.4 is 5.32 Å². The molecule has 4 heterocycles. The van der Waals surface area contributed by atoms with Gasteiger partial charge in [-0.05, 0) is 24.3 Å². The highest BCUT2D eigenvalue weighted by atomic mass is 16.5. The Labute approximate surface area is 135 Å². The summed E-state index contributed by atoms with van der Waals surface area (Å²) in [6.07, 6.45) is 3.28. The van der Waals surface area contributed by atoms with Crippen LogP contribution in [0.5, 0.6) is 0 Å². The van der Waals surface area contributed by atoms with E-state index >= 15 is 0 Å². The number of amides is 1. The predicted octanol–water partition coefficient (Wildman–Crippen LogP) is 1.33. The quantitative estimate of drug-likeness (QED) is 0.581. The molecule has 0 spiro atoms. The monoisotopic (exact) mass is 321 g/mol. The van der Waals surface area contributed by atoms with Crippen molar-refractivity contribution in [3.8, 4) is 11.5 Å². The van der Waals surface area contributed by atoms with E-state index < -0.39 is 0 Å². The van der Waals surface area contributed by atoms with Gasteiger partial charge in [-0.2, -0.15) is 10.1 Å². The van der Waals surface area contributed by atoms with E-state index in [1.54, 1.807) is 36.7 Å². The number of hydrogen-bond donors (Lipinski definition) is 2. The van der Waals surface area contributed by atoms with Crippen molar-refractivity contribution < 1.29 is 9.32 Å². The first-order valence-corrected chi connectivity index (χ1v) is 7.12. The second-order valence-electron chi connectivity index (χ2n) is 4.91. The summed E-state index contributed by atoms with van der Waals surface area (Å²) in [5, 5.41) is 14.0. The van der Waals surface area contributed by atoms with Crippen molar-refractivity contribution >= 4 is 16.9 Å². The van der Waals surface area contributed by atoms with Gasteiger partial charge in [0, 0.05) is 11.6 Å². The molecule has 0 radical (unpaired) electrons. The molecule has 4 rings (SSSR count). The van der Waals surface area contributed by atoms with E-state index in [9.17, 15) is 4.79 Å². The fraction of sp³-hybridized carbons (Fsp3) is 0.0667. The first-order valence-electron chi connectivity index (χ1n) is 7.12. The summed E-state index contributed by atoms with van der Waals surface area (Å²) in [5.41, 5.74) is 1.43. The lowest BCUT2D eigenvalue weighted by molar-refractivity contribution is 0.0941. The van der Waals surface area contributed by atoms with Gasteiger partial charge in [0.15, 0.2) is 5.65 Å². The number of carbonyl (C=O) groups excluding carboxylic acids is 1. The molecular weight excluding hydrogens is 310 g/mol. The van der Waals surface area contributed by atoms with Crippen LogP contribution >= 0.6 is 0 Å². The third-order valence-electron chi connectivity index (χ3n) is 3.30. The number of aromatic amines is 1. The average molecular weight is 321 g/mol. The van der Waals surface area contributed by atoms with Gasteiger partial charge in [-0.1, -0.05) is 11.2 Å². The molecule has 0 saturated carbocycles. The molecule has 9 heteroatoms. The fourth-order valence-electron chi connectivity index (χ4n) is 2.13. The molecule has 0 aliphatic carbocycles. The smallest absolute Gasteiger partial charge is 0.270 e. The molecule has 0 atom stereocenters. The normalized spacial score (nSPS) is 10.8. The van der Waals surface area contributed by atoms with Crippen molar-refractivity contribution in [2.45, 2.75) is 6.54 Å². The molecule has 0 aromatic carbocycles. The van der Waals surface area contributed by atoms with Gasteiger partial charge in [-0.3, -0.25) is 14.9 Å². The maximum atomic E-state index is 12.2. The second kappa shape index (κ2) is 5.88. The zero-order valence-corrected chi connectivity index (χ0v) is 12.3. The zero-order chi connectivity index (χ0) is 16.4. The Hall–Kier alpha value is -3.62. The summed E-state index contributed by atoms with van der Waals surface area (Å²) in [4.78, 5) is 24.7. The summed E-state index contributed by atoms with van der Waals surface area (Å²) < 4.78 is 5.11. The molecule has 24 heavy (non-hydrogen) atoms. The number of nitrogens with zero attached hydrogens (tertiary/aromatic N) is 5. The maximum Gasteiger partial charge on any atom is 0.270 e. The maximum absolute atomic E-state index is 12.2. The molecule has 0 saturated heterocycles. The van der Waals surface area contributed by atoms with Gasteiger partial charge in [0.25, 0.3) is 5.91 Å². The van der Waals surface area contributed by atoms with Crippen LogP contribution in [0.2, 0.25) is 0 Å². The van der Waals surface area contributed by atoms with Crippen LogP contribution in [-0.2, 0) is 6.54 Å². The van der Waals surface area contributed by atoms with Gasteiger partial charge in [0.1, 0.15) is 11.4 Å². The van der Waals surface area contributed by atoms with Crippen LogP contribution in [0.4, 0.5) is 0 Å². The fourth-order valence-corrected chi connectivity index (χ4v) is 2.13. The summed E-state index contributed by atoms with van der Waals surface area (Å²) in [7, 11) is 0. The van der Waals surface area contributed by atoms with Crippen molar-refractivity contribution in [1.29, 1.82) is 0 Å². The highest BCUT2D eigenvalue weighted by Gasteiger charge is 2.13. The molecular formula is C15H11N7O2. The Morgan fingerprint density at radius 1 is 1.21 bits per heavy atom. The highest BCUT2D eigenvalue weighted by molar-refractivity contribution is 5.94. The lowest BCUT2D eigenvalue weighted by Crippen LogP contribution is -2.23. The Kier molecular flexibility index (Phi) is 3.43. The molecule has 118 valence electrons. The summed E-state index contributed by atoms with van der Waals surface area (Å²) >= 11 is 0. The number of hydrogen-bond acceptors (Lipinski definition) is 7. The minimum absolute atomic E-state index is 0.0986. The lowest BCUT2D eigenvalue weighted by Gasteiger charge is -2.01. The van der Waals surface area contributed by atoms with Gasteiger partial charge in [-0.25, -0.2) is 4.98 Å². The molecule has 0 fully saturated rings. The number of rotatable bonds is 4. The number of nitrogens with one attached hydrogen (secondary N) is 2. The first-order chi connectivity index (χ1) is 11.8. The van der Waals surface area contributed by atoms with E-state index in [4.69, 9.17) is 4.52 Å². The molecule has 0 bridgehead atoms. The van der Waals surface area contributed by atoms with E-state index in [1.165, 1.54) is 0 Å². The van der Waals surface area contributed by atoms with Gasteiger partial charge in [-0.15, -0.1) is 0 Å². The number of H-pyrrole nitrogens is 1. The Balaban J connectivity index is 1.45. The van der Waals surface area contributed by atoms with Crippen LogP contribution in [0.15, 0.2) is 47.2 Å². The van der Waals surface area contributed by atoms with Crippen LogP contribution in [0.1, 0.15) is 16.4 Å². The SMILES string of the molecule is O=C(NCc1nc(-c2ccccn2)no1)c1ccc2cn[nH]c2n1. The number of pyridine rings is 2. The Morgan fingerprint density at radius 2 is 2.17 bits per heavy atom. The number of fused-ring (bicyclic) bond motifs is 1. The van der Waals surface area contributed by atoms with Crippen LogP contribution in [0.3, 0.4) is 0 Å². The number of aromatic nitrogens is 6. The summed E-state index contributed by atoms with van der Waals surface area (Å²) in [6, 6.07) is 8.80. The highest BCUT2D eigenvalue weighted by Crippen LogP contribution is 2.12. The van der Waals surface area contributed by atoms with Crippen molar-refractivity contribution in [2.24, 2.45) is 0 Å². The largest absolute Gasteiger partial charge is 0.342 e. The van der Waals surface area contributed by atoms with E-state index in [1.807, 2.05) is 6.07 Å². The third kappa shape index (κ3) is 2.70. The third-order valence-corrected chi connectivity index (χ3v) is 3.30. The van der Waals surface area contributed by atoms with Crippen LogP contribution in [-0.4, -0.2) is 36.2 Å². The first kappa shape index (κ1) is 14.0. The standard InChI is InChI=1S/C15H11N7O2/c23-15(11-5-4-9-7-18-21-13(9)19-11)17-8-12-20-14(22-24-12)10-3-1-2-6-16-10/h1-7H,8H2,(H,17,23)(H,18,19,21). The van der Waals surface area contributed by atoms with Crippen molar-refractivity contribution in [3.05, 3.63) is 54.3 Å². The number of carbonyl (C=O) groups is 1. The molecule has 4 aromatic heterocycles. The Bertz CT molecular complexity index is 993. The predicted molar refractivity (Wildman–Crippen MR) is 82.6 cm³/mol. The summed E-state index contributed by atoms with van der Waals surface area (Å²) in [5.74, 6) is 0.313. The van der Waals surface area contributed by atoms with Crippen molar-refractivity contribution in [2.75, 3.05) is 0 Å². The molecule has 4 aromatic rings. The van der Waals surface area contributed by atoms with E-state index in [0.29, 0.717) is 17.2 Å². The Morgan fingerprint density at radius 3 is 3.04 bits per heavy atom. The molecule has 1 amide bonds. The van der Waals surface area contributed by atoms with Gasteiger partial charge >= 0.3 is 0 Å². The van der Waals surface area contributed by atoms with Crippen LogP contribution in [0.25, 0.3) is 22.6 Å². The van der Waals surface area contributed by atoms with Crippen molar-refractivity contribution in [3.63, 3.8) is 0 Å². The van der Waals surface area contributed by atoms with Gasteiger partial charge in [0.2, 0.25) is 11.7 Å². The zero-order valence-electron chi connectivity index (χ0n) is 12.3. The molecule has 9 nitrogen and oxygen atoms in total. The van der Waals surface area contributed by atoms with Gasteiger partial charge in [0.05, 0.1) is 12.7 Å². The van der Waals surface area contributed by atoms with E-state index in [-0.39, 0.29) is 24.0 Å². The second-order valence-corrected chi connectivity index (χ2v) is 4.91. The van der Waals surface area contributed by atoms with E-state index in [0.717, 1.165) is 5.39 Å². The van der Waals surface area contributed by atoms with Gasteiger partial charge < -0.3 is 9.84 Å². The summed E-state index contributed by atoms with van der Waals surface area (Å²) in [6.45, 7) is 0.0986. The molecule has 0 unspecified atom stereocenters. The topological polar surface area (TPSA) is 122 Å². The molecule has 2 N–H and O–H groups in total. The minimum atomic E-state index is -0.343. The lowest BCUT2D eigenvalue weighted by atomic mass is 10.3. The van der Waals surface area contributed by atoms with Crippen LogP contribution in [0, 0.1) is 0 Å². The average Bonchev–Trinajstić information content (AvgIpc) is 3.29. The molecule has 0 aliphatic heterocycles. The molecule has 0 aliphatic rings. The minimum Gasteiger partial charge on any atom is -0.342 e. The van der Waals surface area contributed by atoms with Crippen molar-refractivity contribution in [1.82, 2.24) is 35.6 Å².